The van der Waals surface area contributed by atoms with Crippen molar-refractivity contribution in [3.8, 4) is 0 Å². The molecule has 3 rings (SSSR count). The molecule has 0 saturated carbocycles. The van der Waals surface area contributed by atoms with Gasteiger partial charge in [-0.3, -0.25) is 4.79 Å². The molecule has 2 N–H and O–H groups in total. The number of primary amides is 1. The first-order valence-electron chi connectivity index (χ1n) is 6.18. The van der Waals surface area contributed by atoms with Crippen LogP contribution in [0, 0.1) is 5.92 Å². The van der Waals surface area contributed by atoms with Gasteiger partial charge in [-0.25, -0.2) is 9.97 Å². The highest BCUT2D eigenvalue weighted by molar-refractivity contribution is 9.10. The van der Waals surface area contributed by atoms with E-state index in [1.165, 1.54) is 0 Å². The van der Waals surface area contributed by atoms with E-state index in [1.807, 2.05) is 16.8 Å². The fourth-order valence-corrected chi connectivity index (χ4v) is 2.86. The van der Waals surface area contributed by atoms with Crippen molar-refractivity contribution in [1.82, 2.24) is 14.4 Å². The molecule has 1 aliphatic rings. The van der Waals surface area contributed by atoms with Crippen molar-refractivity contribution >= 4 is 33.3 Å². The topological polar surface area (TPSA) is 76.5 Å². The molecule has 0 spiro atoms. The molecule has 1 fully saturated rings. The van der Waals surface area contributed by atoms with Crippen molar-refractivity contribution in [2.45, 2.75) is 12.8 Å². The van der Waals surface area contributed by atoms with Gasteiger partial charge in [0.1, 0.15) is 4.60 Å². The highest BCUT2D eigenvalue weighted by Gasteiger charge is 2.25. The monoisotopic (exact) mass is 323 g/mol. The lowest BCUT2D eigenvalue weighted by Gasteiger charge is -2.31. The van der Waals surface area contributed by atoms with Crippen LogP contribution in [0.3, 0.4) is 0 Å². The second-order valence-electron chi connectivity index (χ2n) is 4.71. The minimum absolute atomic E-state index is 0.0147. The van der Waals surface area contributed by atoms with Crippen LogP contribution in [0.4, 0.5) is 5.82 Å². The molecule has 19 heavy (non-hydrogen) atoms. The van der Waals surface area contributed by atoms with Crippen LogP contribution < -0.4 is 10.6 Å². The lowest BCUT2D eigenvalue weighted by molar-refractivity contribution is -0.122. The lowest BCUT2D eigenvalue weighted by atomic mass is 9.96. The van der Waals surface area contributed by atoms with Crippen LogP contribution >= 0.6 is 15.9 Å². The Balaban J connectivity index is 1.89. The van der Waals surface area contributed by atoms with Gasteiger partial charge >= 0.3 is 0 Å². The summed E-state index contributed by atoms with van der Waals surface area (Å²) >= 11 is 3.41. The summed E-state index contributed by atoms with van der Waals surface area (Å²) < 4.78 is 2.71. The van der Waals surface area contributed by atoms with Gasteiger partial charge in [-0.15, -0.1) is 0 Å². The number of fused-ring (bicyclic) bond motifs is 1. The number of hydrogen-bond acceptors (Lipinski definition) is 4. The molecular weight excluding hydrogens is 310 g/mol. The Kier molecular flexibility index (Phi) is 3.14. The van der Waals surface area contributed by atoms with Gasteiger partial charge in [0.2, 0.25) is 5.91 Å². The summed E-state index contributed by atoms with van der Waals surface area (Å²) in [6, 6.07) is 0. The molecule has 2 aromatic heterocycles. The Bertz CT molecular complexity index is 618. The number of piperidine rings is 1. The first-order valence-corrected chi connectivity index (χ1v) is 6.98. The van der Waals surface area contributed by atoms with Crippen molar-refractivity contribution in [2.24, 2.45) is 11.7 Å². The highest BCUT2D eigenvalue weighted by Crippen LogP contribution is 2.26. The van der Waals surface area contributed by atoms with E-state index in [4.69, 9.17) is 5.73 Å². The number of carbonyl (C=O) groups excluding carboxylic acids is 1. The Morgan fingerprint density at radius 1 is 1.42 bits per heavy atom. The standard InChI is InChI=1S/C12H14BrN5O/c13-9-7-18-6-3-15-11(18)12(16-9)17-4-1-8(2-5-17)10(14)19/h3,6-8H,1-2,4-5H2,(H2,14,19). The molecule has 3 heterocycles. The number of rotatable bonds is 2. The van der Waals surface area contributed by atoms with E-state index < -0.39 is 0 Å². The van der Waals surface area contributed by atoms with E-state index >= 15 is 0 Å². The zero-order chi connectivity index (χ0) is 13.4. The molecule has 100 valence electrons. The number of anilines is 1. The third kappa shape index (κ3) is 2.30. The van der Waals surface area contributed by atoms with E-state index in [9.17, 15) is 4.79 Å². The van der Waals surface area contributed by atoms with Gasteiger partial charge in [0, 0.05) is 37.6 Å². The summed E-state index contributed by atoms with van der Waals surface area (Å²) in [4.78, 5) is 22.2. The number of nitrogens with zero attached hydrogens (tertiary/aromatic N) is 4. The van der Waals surface area contributed by atoms with Gasteiger partial charge in [-0.1, -0.05) is 0 Å². The maximum Gasteiger partial charge on any atom is 0.220 e. The highest BCUT2D eigenvalue weighted by atomic mass is 79.9. The van der Waals surface area contributed by atoms with Crippen molar-refractivity contribution in [1.29, 1.82) is 0 Å². The third-order valence-electron chi connectivity index (χ3n) is 3.52. The smallest absolute Gasteiger partial charge is 0.220 e. The normalized spacial score (nSPS) is 17.0. The summed E-state index contributed by atoms with van der Waals surface area (Å²) in [6.45, 7) is 1.55. The zero-order valence-electron chi connectivity index (χ0n) is 10.3. The number of aromatic nitrogens is 3. The molecular formula is C12H14BrN5O. The Hall–Kier alpha value is -1.63. The maximum absolute atomic E-state index is 11.2. The first kappa shape index (κ1) is 12.4. The van der Waals surface area contributed by atoms with Crippen LogP contribution in [-0.2, 0) is 4.79 Å². The fourth-order valence-electron chi connectivity index (χ4n) is 2.47. The fraction of sp³-hybridized carbons (Fsp3) is 0.417. The van der Waals surface area contributed by atoms with Crippen LogP contribution in [0.2, 0.25) is 0 Å². The molecule has 7 heteroatoms. The third-order valence-corrected chi connectivity index (χ3v) is 3.91. The number of carbonyl (C=O) groups is 1. The molecule has 0 aromatic carbocycles. The number of halogens is 1. The molecule has 1 amide bonds. The molecule has 1 aliphatic heterocycles. The van der Waals surface area contributed by atoms with Gasteiger partial charge in [0.25, 0.3) is 0 Å². The van der Waals surface area contributed by atoms with E-state index in [0.717, 1.165) is 42.0 Å². The number of amides is 1. The largest absolute Gasteiger partial charge is 0.369 e. The summed E-state index contributed by atoms with van der Waals surface area (Å²) in [5.74, 6) is 0.634. The second kappa shape index (κ2) is 4.80. The minimum Gasteiger partial charge on any atom is -0.369 e. The van der Waals surface area contributed by atoms with Crippen molar-refractivity contribution in [3.05, 3.63) is 23.2 Å². The van der Waals surface area contributed by atoms with Crippen LogP contribution in [0.15, 0.2) is 23.2 Å². The second-order valence-corrected chi connectivity index (χ2v) is 5.52. The van der Waals surface area contributed by atoms with Gasteiger partial charge in [0.05, 0.1) is 0 Å². The average Bonchev–Trinajstić information content (AvgIpc) is 2.85. The van der Waals surface area contributed by atoms with Crippen LogP contribution in [0.5, 0.6) is 0 Å². The summed E-state index contributed by atoms with van der Waals surface area (Å²) in [5.41, 5.74) is 6.19. The van der Waals surface area contributed by atoms with E-state index in [2.05, 4.69) is 30.8 Å². The molecule has 0 atom stereocenters. The predicted octanol–water partition coefficient (Wildman–Crippen LogP) is 1.19. The summed E-state index contributed by atoms with van der Waals surface area (Å²) in [6.07, 6.45) is 7.07. The van der Waals surface area contributed by atoms with Crippen molar-refractivity contribution in [3.63, 3.8) is 0 Å². The Labute approximate surface area is 118 Å². The van der Waals surface area contributed by atoms with E-state index in [0.29, 0.717) is 0 Å². The van der Waals surface area contributed by atoms with Gasteiger partial charge in [-0.2, -0.15) is 0 Å². The molecule has 0 aliphatic carbocycles. The quantitative estimate of drug-likeness (QED) is 0.900. The van der Waals surface area contributed by atoms with Crippen LogP contribution in [0.1, 0.15) is 12.8 Å². The molecule has 1 saturated heterocycles. The zero-order valence-corrected chi connectivity index (χ0v) is 11.9. The molecule has 0 radical (unpaired) electrons. The lowest BCUT2D eigenvalue weighted by Crippen LogP contribution is -2.39. The van der Waals surface area contributed by atoms with Gasteiger partial charge in [-0.05, 0) is 28.8 Å². The number of hydrogen-bond donors (Lipinski definition) is 1. The van der Waals surface area contributed by atoms with Crippen molar-refractivity contribution < 1.29 is 4.79 Å². The minimum atomic E-state index is -0.201. The SMILES string of the molecule is NC(=O)C1CCN(c2nc(Br)cn3ccnc23)CC1. The summed E-state index contributed by atoms with van der Waals surface area (Å²) in [5, 5.41) is 0. The first-order chi connectivity index (χ1) is 9.15. The Morgan fingerprint density at radius 2 is 2.16 bits per heavy atom. The average molecular weight is 324 g/mol. The van der Waals surface area contributed by atoms with Gasteiger partial charge < -0.3 is 15.0 Å². The number of nitrogens with two attached hydrogens (primary N) is 1. The molecule has 6 nitrogen and oxygen atoms in total. The molecule has 0 bridgehead atoms. The maximum atomic E-state index is 11.2. The van der Waals surface area contributed by atoms with Gasteiger partial charge in [0.15, 0.2) is 11.5 Å². The van der Waals surface area contributed by atoms with Crippen LogP contribution in [0.25, 0.3) is 5.65 Å². The molecule has 0 unspecified atom stereocenters. The molecule has 2 aromatic rings. The predicted molar refractivity (Wildman–Crippen MR) is 74.8 cm³/mol. The van der Waals surface area contributed by atoms with Crippen molar-refractivity contribution in [2.75, 3.05) is 18.0 Å². The Morgan fingerprint density at radius 3 is 2.84 bits per heavy atom. The number of imidazole rings is 1. The van der Waals surface area contributed by atoms with E-state index in [1.54, 1.807) is 6.20 Å². The summed E-state index contributed by atoms with van der Waals surface area (Å²) in [7, 11) is 0. The van der Waals surface area contributed by atoms with E-state index in [-0.39, 0.29) is 11.8 Å². The van der Waals surface area contributed by atoms with Crippen LogP contribution in [-0.4, -0.2) is 33.4 Å².